The van der Waals surface area contributed by atoms with E-state index in [4.69, 9.17) is 70.7 Å². The minimum Gasteiger partial charge on any atom is -0.494 e. The summed E-state index contributed by atoms with van der Waals surface area (Å²) < 4.78 is 55.8. The molecular weight excluding hydrogens is 1390 g/mol. The average molecular weight is 1520 g/mol. The lowest BCUT2D eigenvalue weighted by molar-refractivity contribution is 0.240. The Morgan fingerprint density at radius 3 is 1.16 bits per heavy atom. The Bertz CT molecular complexity index is 3300. The van der Waals surface area contributed by atoms with Crippen molar-refractivity contribution < 1.29 is 27.4 Å². The first-order chi connectivity index (χ1) is 48.8. The number of nitrogen functional groups attached to an aromatic ring is 1. The van der Waals surface area contributed by atoms with Crippen LogP contribution in [0.15, 0.2) is 54.6 Å². The van der Waals surface area contributed by atoms with Crippen molar-refractivity contribution >= 4 is 87.6 Å². The van der Waals surface area contributed by atoms with E-state index in [0.717, 1.165) is 83.6 Å². The number of anilines is 9. The molecule has 0 unspecified atom stereocenters. The number of aromatic nitrogens is 9. The zero-order valence-electron chi connectivity index (χ0n) is 60.3. The first-order valence-corrected chi connectivity index (χ1v) is 37.0. The molecule has 30 heteroatoms. The molecule has 3 aromatic heterocycles. The van der Waals surface area contributed by atoms with E-state index in [0.29, 0.717) is 83.0 Å². The summed E-state index contributed by atoms with van der Waals surface area (Å²) in [7, 11) is 14.8. The highest BCUT2D eigenvalue weighted by molar-refractivity contribution is 6.33. The highest BCUT2D eigenvalue weighted by Gasteiger charge is 2.26. The van der Waals surface area contributed by atoms with Gasteiger partial charge in [0, 0.05) is 85.6 Å². The fourth-order valence-electron chi connectivity index (χ4n) is 12.7. The quantitative estimate of drug-likeness (QED) is 0.0330. The number of benzene rings is 3. The lowest BCUT2D eigenvalue weighted by atomic mass is 10.0. The van der Waals surface area contributed by atoms with Gasteiger partial charge in [-0.2, -0.15) is 44.9 Å². The third-order valence-electron chi connectivity index (χ3n) is 18.9. The van der Waals surface area contributed by atoms with Crippen LogP contribution in [0.25, 0.3) is 0 Å². The summed E-state index contributed by atoms with van der Waals surface area (Å²) in [5, 5.41) is 20.1. The van der Waals surface area contributed by atoms with Crippen LogP contribution in [0.5, 0.6) is 17.2 Å². The number of methoxy groups -OCH3 is 3. The molecule has 6 heterocycles. The molecule has 3 saturated heterocycles. The molecular formula is C74H121Cl3F3N21O3. The third-order valence-corrected chi connectivity index (χ3v) is 19.4. The highest BCUT2D eigenvalue weighted by atomic mass is 35.5. The molecule has 6 aliphatic rings. The average Bonchev–Trinajstić information content (AvgIpc) is 0.881. The number of hydrogen-bond acceptors (Lipinski definition) is 24. The van der Waals surface area contributed by atoms with Gasteiger partial charge in [0.05, 0.1) is 21.3 Å². The standard InChI is InChI=1S/C24H36FN7O.C23H34FN7O.C7H8FNO.C7H16N2.C7H15N.C3Cl3N3.3CH4/c1-31-14-12-19(13-15-31)32(2)24-29-22(26-17-8-6-4-5-7-9-17)28-23(30-24)27-18-10-11-21(33-3)20(25)16-18;1-31(18-11-13-25-14-12-18)23-29-21(26-16-7-5-3-4-6-8-16)28-22(30-23)27-17-9-10-20(32-2)19(24)15-17;1-10-7-3-2-5(9)4-6(7)8;1-8-7-3-5-9(2)6-4-7;8-7-5-3-1-2-4-6-7;4-1-7-2(5)9-3(6)8-1;;;/h10-11,16-17,19H,4-9,12-15H2,1-3H3,(H2,26,27,28,29,30);9-10,15-16,18,25H,3-8,11-14H2,1-2H3,(H2,26,27,28,29,30);2-4H,9H2,1H3;7-8H,3-6H2,1-2H3;7H,1-6,8H2;;3*1H4. The fraction of sp³-hybridized carbons (Fsp3) is 0.635. The van der Waals surface area contributed by atoms with Gasteiger partial charge in [-0.1, -0.05) is 99.3 Å². The Balaban J connectivity index is 0.000000294. The van der Waals surface area contributed by atoms with Crippen LogP contribution in [0.1, 0.15) is 176 Å². The maximum Gasteiger partial charge on any atom is 0.233 e. The van der Waals surface area contributed by atoms with Gasteiger partial charge in [0.25, 0.3) is 0 Å². The van der Waals surface area contributed by atoms with Crippen LogP contribution in [0.4, 0.5) is 65.9 Å². The zero-order chi connectivity index (χ0) is 72.5. The van der Waals surface area contributed by atoms with Crippen LogP contribution < -0.4 is 67.4 Å². The number of piperidine rings is 3. The summed E-state index contributed by atoms with van der Waals surface area (Å²) >= 11 is 16.0. The molecule has 0 spiro atoms. The maximum absolute atomic E-state index is 14.2. The van der Waals surface area contributed by atoms with Crippen molar-refractivity contribution in [2.24, 2.45) is 5.73 Å². The van der Waals surface area contributed by atoms with Gasteiger partial charge < -0.3 is 77.2 Å². The summed E-state index contributed by atoms with van der Waals surface area (Å²) in [4.78, 5) is 47.6. The van der Waals surface area contributed by atoms with E-state index in [-0.39, 0.29) is 55.4 Å². The van der Waals surface area contributed by atoms with Crippen molar-refractivity contribution in [1.82, 2.24) is 65.3 Å². The summed E-state index contributed by atoms with van der Waals surface area (Å²) in [5.74, 6) is 2.53. The van der Waals surface area contributed by atoms with Crippen LogP contribution in [-0.2, 0) is 0 Å². The van der Waals surface area contributed by atoms with Gasteiger partial charge in [-0.05, 0) is 209 Å². The van der Waals surface area contributed by atoms with Crippen LogP contribution in [-0.4, -0.2) is 187 Å². The van der Waals surface area contributed by atoms with E-state index >= 15 is 0 Å². The molecule has 104 heavy (non-hydrogen) atoms. The van der Waals surface area contributed by atoms with Gasteiger partial charge >= 0.3 is 0 Å². The monoisotopic (exact) mass is 1510 g/mol. The molecule has 0 bridgehead atoms. The Morgan fingerprint density at radius 2 is 0.798 bits per heavy atom. The number of halogens is 6. The van der Waals surface area contributed by atoms with Gasteiger partial charge in [-0.15, -0.1) is 0 Å². The van der Waals surface area contributed by atoms with E-state index in [1.54, 1.807) is 30.3 Å². The molecule has 24 nitrogen and oxygen atoms in total. The molecule has 6 aromatic rings. The van der Waals surface area contributed by atoms with E-state index < -0.39 is 17.5 Å². The van der Waals surface area contributed by atoms with Crippen molar-refractivity contribution in [2.45, 2.75) is 213 Å². The van der Waals surface area contributed by atoms with E-state index in [1.807, 2.05) is 7.05 Å². The second-order valence-corrected chi connectivity index (χ2v) is 27.6. The first kappa shape index (κ1) is 89.5. The van der Waals surface area contributed by atoms with Gasteiger partial charge in [0.1, 0.15) is 0 Å². The summed E-state index contributed by atoms with van der Waals surface area (Å²) in [6, 6.07) is 16.5. The van der Waals surface area contributed by atoms with Crippen molar-refractivity contribution in [3.63, 3.8) is 0 Å². The van der Waals surface area contributed by atoms with Crippen LogP contribution in [0.2, 0.25) is 15.9 Å². The molecule has 0 atom stereocenters. The molecule has 3 saturated carbocycles. The van der Waals surface area contributed by atoms with E-state index in [9.17, 15) is 13.2 Å². The third kappa shape index (κ3) is 31.7. The second kappa shape index (κ2) is 48.4. The number of hydrogen-bond donors (Lipinski definition) is 8. The predicted molar refractivity (Wildman–Crippen MR) is 423 cm³/mol. The molecule has 12 rings (SSSR count). The van der Waals surface area contributed by atoms with Gasteiger partial charge in [-0.3, -0.25) is 0 Å². The summed E-state index contributed by atoms with van der Waals surface area (Å²) in [5.41, 5.74) is 12.5. The number of nitrogens with one attached hydrogen (secondary N) is 6. The Morgan fingerprint density at radius 1 is 0.452 bits per heavy atom. The highest BCUT2D eigenvalue weighted by Crippen LogP contribution is 2.30. The SMILES string of the molecule is C.C.C.CNC1CCN(C)CC1.COc1ccc(N)cc1F.COc1ccc(Nc2nc(NC3CCCCCC3)nc(N(C)C3CCN(C)CC3)n2)cc1F.COc1ccc(Nc2nc(NC3CCCCCC3)nc(N(C)C3CCNCC3)n2)cc1F.Clc1nc(Cl)nc(Cl)n1.NC1CCCCCC1. The van der Waals surface area contributed by atoms with E-state index in [1.165, 1.54) is 161 Å². The maximum atomic E-state index is 14.2. The molecule has 3 aliphatic heterocycles. The molecule has 3 aliphatic carbocycles. The topological polar surface area (TPSA) is 281 Å². The lowest BCUT2D eigenvalue weighted by Crippen LogP contribution is -2.42. The van der Waals surface area contributed by atoms with Crippen LogP contribution in [0.3, 0.4) is 0 Å². The van der Waals surface area contributed by atoms with Crippen molar-refractivity contribution in [3.8, 4) is 17.2 Å². The van der Waals surface area contributed by atoms with Gasteiger partial charge in [-0.25, -0.2) is 13.2 Å². The Kier molecular flexibility index (Phi) is 41.6. The van der Waals surface area contributed by atoms with Crippen molar-refractivity contribution in [3.05, 3.63) is 87.9 Å². The predicted octanol–water partition coefficient (Wildman–Crippen LogP) is 15.6. The van der Waals surface area contributed by atoms with Gasteiger partial charge in [0.2, 0.25) is 51.5 Å². The number of ether oxygens (including phenoxy) is 3. The second-order valence-electron chi connectivity index (χ2n) is 26.6. The lowest BCUT2D eigenvalue weighted by Gasteiger charge is -2.35. The minimum absolute atomic E-state index is 0. The van der Waals surface area contributed by atoms with Crippen LogP contribution >= 0.6 is 34.8 Å². The number of nitrogens with zero attached hydrogens (tertiary/aromatic N) is 13. The fourth-order valence-corrected chi connectivity index (χ4v) is 13.4. The smallest absolute Gasteiger partial charge is 0.233 e. The van der Waals surface area contributed by atoms with Gasteiger partial charge in [0.15, 0.2) is 34.7 Å². The molecule has 582 valence electrons. The zero-order valence-corrected chi connectivity index (χ0v) is 62.6. The van der Waals surface area contributed by atoms with Crippen molar-refractivity contribution in [1.29, 1.82) is 0 Å². The number of rotatable bonds is 16. The van der Waals surface area contributed by atoms with Crippen LogP contribution in [0, 0.1) is 17.5 Å². The number of nitrogens with two attached hydrogens (primary N) is 2. The molecule has 0 amide bonds. The van der Waals surface area contributed by atoms with Crippen molar-refractivity contribution in [2.75, 3.05) is 133 Å². The largest absolute Gasteiger partial charge is 0.494 e. The summed E-state index contributed by atoms with van der Waals surface area (Å²) in [6.45, 7) is 6.61. The minimum atomic E-state index is -0.435. The summed E-state index contributed by atoms with van der Waals surface area (Å²) in [6.07, 6.45) is 29.4. The molecule has 10 N–H and O–H groups in total. The molecule has 3 aromatic carbocycles. The Labute approximate surface area is 633 Å². The molecule has 6 fully saturated rings. The normalized spacial score (nSPS) is 17.3. The van der Waals surface area contributed by atoms with E-state index in [2.05, 4.69) is 114 Å². The Hall–Kier alpha value is -6.85. The molecule has 0 radical (unpaired) electrons. The number of likely N-dealkylation sites (tertiary alicyclic amines) is 2. The first-order valence-electron chi connectivity index (χ1n) is 35.8.